The first-order valence-electron chi connectivity index (χ1n) is 2.75. The maximum absolute atomic E-state index is 8.08. The van der Waals surface area contributed by atoms with Crippen LogP contribution in [0.2, 0.25) is 0 Å². The van der Waals surface area contributed by atoms with E-state index >= 15 is 0 Å². The summed E-state index contributed by atoms with van der Waals surface area (Å²) in [7, 11) is 19.4. The average molecular weight is 419 g/mol. The molecule has 0 atom stereocenters. The third-order valence-electron chi connectivity index (χ3n) is 0. The Bertz CT molecular complexity index is 135. The predicted molar refractivity (Wildman–Crippen MR) is 71.5 cm³/mol. The minimum absolute atomic E-state index is 0.361. The quantitative estimate of drug-likeness (QED) is 0.429. The van der Waals surface area contributed by atoms with Gasteiger partial charge >= 0.3 is 49.6 Å². The monoisotopic (exact) mass is 418 g/mol. The van der Waals surface area contributed by atoms with Crippen LogP contribution in [-0.2, 0) is 21.6 Å². The Morgan fingerprint density at radius 3 is 0.769 bits per heavy atom. The molecule has 84 valence electrons. The molecule has 0 aliphatic heterocycles. The second-order valence-electron chi connectivity index (χ2n) is 1.98. The summed E-state index contributed by atoms with van der Waals surface area (Å²) >= 11 is -3.29. The first-order chi connectivity index (χ1) is 5.46. The van der Waals surface area contributed by atoms with Gasteiger partial charge < -0.3 is 0 Å². The molecule has 2 nitrogen and oxygen atoms in total. The van der Waals surface area contributed by atoms with Gasteiger partial charge in [0.25, 0.3) is 0 Å². The van der Waals surface area contributed by atoms with E-state index in [1.54, 1.807) is 25.0 Å². The molecule has 0 fully saturated rings. The van der Waals surface area contributed by atoms with Crippen LogP contribution < -0.4 is 0 Å². The van der Waals surface area contributed by atoms with Crippen molar-refractivity contribution in [2.45, 2.75) is 0 Å². The van der Waals surface area contributed by atoms with Gasteiger partial charge in [0, 0.05) is 0 Å². The molecule has 9 heteroatoms. The third kappa shape index (κ3) is 420. The van der Waals surface area contributed by atoms with Crippen LogP contribution in [0.15, 0.2) is 0 Å². The van der Waals surface area contributed by atoms with Crippen LogP contribution in [0.4, 0.5) is 0 Å². The Labute approximate surface area is 103 Å². The molecule has 0 amide bonds. The molecule has 0 aromatic rings. The summed E-state index contributed by atoms with van der Waals surface area (Å²) in [6.45, 7) is 0. The number of rotatable bonds is 0. The zero-order valence-electron chi connectivity index (χ0n) is 7.72. The molecule has 0 unspecified atom stereocenters. The summed E-state index contributed by atoms with van der Waals surface area (Å²) in [6, 6.07) is 0. The summed E-state index contributed by atoms with van der Waals surface area (Å²) < 4.78 is 16.2. The van der Waals surface area contributed by atoms with Crippen molar-refractivity contribution in [3.05, 3.63) is 0 Å². The SMILES string of the molecule is CS(C)=[OH+].CS(C)=[OH+].[Cl][Sn]([Cl])([Cl])[Cl]. The van der Waals surface area contributed by atoms with Gasteiger partial charge in [-0.25, -0.2) is 0 Å². The summed E-state index contributed by atoms with van der Waals surface area (Å²) in [5.41, 5.74) is 0. The van der Waals surface area contributed by atoms with Gasteiger partial charge in [0.05, 0.1) is 25.0 Å². The zero-order valence-corrected chi connectivity index (χ0v) is 15.2. The maximum atomic E-state index is 8.08. The number of hydrogen-bond acceptors (Lipinski definition) is 0. The molecule has 13 heavy (non-hydrogen) atoms. The van der Waals surface area contributed by atoms with E-state index in [9.17, 15) is 0 Å². The zero-order chi connectivity index (χ0) is 11.7. The number of hydrogen-bond donors (Lipinski definition) is 0. The molecule has 0 radical (unpaired) electrons. The summed E-state index contributed by atoms with van der Waals surface area (Å²) in [5.74, 6) is 0. The molecule has 0 spiro atoms. The fourth-order valence-electron chi connectivity index (χ4n) is 0. The fourth-order valence-corrected chi connectivity index (χ4v) is 0. The van der Waals surface area contributed by atoms with Crippen LogP contribution in [-0.4, -0.2) is 47.3 Å². The first kappa shape index (κ1) is 20.6. The van der Waals surface area contributed by atoms with E-state index in [1.165, 1.54) is 0 Å². The van der Waals surface area contributed by atoms with Crippen molar-refractivity contribution in [1.82, 2.24) is 0 Å². The Hall–Kier alpha value is 2.26. The number of halogens is 4. The van der Waals surface area contributed by atoms with E-state index in [1.807, 2.05) is 0 Å². The summed E-state index contributed by atoms with van der Waals surface area (Å²) in [6.07, 6.45) is 7.00. The standard InChI is InChI=1S/2C2H6OS.4ClH.Sn/c2*1-4(2)3;;;;;/h2*1-2H3;4*1H;/q;;;;;;+4/p-2. The van der Waals surface area contributed by atoms with E-state index in [2.05, 4.69) is 0 Å². The predicted octanol–water partition coefficient (Wildman–Crippen LogP) is 2.68. The second-order valence-corrected chi connectivity index (χ2v) is 30.5. The molecule has 0 heterocycles. The van der Waals surface area contributed by atoms with Gasteiger partial charge in [-0.05, 0) is 0 Å². The van der Waals surface area contributed by atoms with E-state index < -0.39 is 13.9 Å². The van der Waals surface area contributed by atoms with Crippen LogP contribution in [0, 0.1) is 0 Å². The molecule has 0 saturated carbocycles. The molecule has 0 aromatic heterocycles. The van der Waals surface area contributed by atoms with Crippen molar-refractivity contribution in [3.8, 4) is 0 Å². The van der Waals surface area contributed by atoms with Crippen LogP contribution >= 0.6 is 35.7 Å². The third-order valence-corrected chi connectivity index (χ3v) is 0. The molecule has 0 saturated heterocycles. The van der Waals surface area contributed by atoms with Gasteiger partial charge in [-0.1, -0.05) is 0 Å². The van der Waals surface area contributed by atoms with Crippen LogP contribution in [0.5, 0.6) is 0 Å². The molecule has 2 N–H and O–H groups in total. The molecule has 0 aliphatic rings. The molecule has 0 bridgehead atoms. The average Bonchev–Trinajstić information content (AvgIpc) is 1.50. The first-order valence-corrected chi connectivity index (χ1v) is 21.2. The van der Waals surface area contributed by atoms with E-state index in [4.69, 9.17) is 44.1 Å². The Balaban J connectivity index is -0.000000117. The molecular weight excluding hydrogens is 405 g/mol. The molecule has 0 rings (SSSR count). The van der Waals surface area contributed by atoms with E-state index in [0.29, 0.717) is 0 Å². The van der Waals surface area contributed by atoms with Gasteiger partial charge in [-0.15, -0.1) is 0 Å². The fraction of sp³-hybridized carbons (Fsp3) is 1.00. The van der Waals surface area contributed by atoms with Crippen LogP contribution in [0.1, 0.15) is 0 Å². The van der Waals surface area contributed by atoms with Crippen molar-refractivity contribution < 1.29 is 8.42 Å². The van der Waals surface area contributed by atoms with Crippen molar-refractivity contribution >= 4 is 71.2 Å². The molecule has 0 aromatic carbocycles. The summed E-state index contributed by atoms with van der Waals surface area (Å²) in [5, 5.41) is 0. The van der Waals surface area contributed by atoms with Crippen molar-refractivity contribution in [2.24, 2.45) is 0 Å². The van der Waals surface area contributed by atoms with Gasteiger partial charge in [0.2, 0.25) is 0 Å². The van der Waals surface area contributed by atoms with Gasteiger partial charge in [0.1, 0.15) is 0 Å². The summed E-state index contributed by atoms with van der Waals surface area (Å²) in [4.78, 5) is 0. The van der Waals surface area contributed by atoms with Crippen LogP contribution in [0.25, 0.3) is 0 Å². The van der Waals surface area contributed by atoms with Crippen molar-refractivity contribution in [3.63, 3.8) is 0 Å². The topological polar surface area (TPSA) is 42.8 Å². The Kier molecular flexibility index (Phi) is 19.6. The van der Waals surface area contributed by atoms with Crippen molar-refractivity contribution in [1.29, 1.82) is 0 Å². The normalized spacial score (nSPS) is 10.0. The van der Waals surface area contributed by atoms with Gasteiger partial charge in [-0.2, -0.15) is 0 Å². The van der Waals surface area contributed by atoms with Gasteiger partial charge in [-0.3, -0.25) is 8.42 Å². The Morgan fingerprint density at radius 1 is 0.769 bits per heavy atom. The van der Waals surface area contributed by atoms with Crippen LogP contribution in [0.3, 0.4) is 0 Å². The van der Waals surface area contributed by atoms with E-state index in [0.717, 1.165) is 0 Å². The molecular formula is C4H14Cl4O2S2Sn+2. The minimum atomic E-state index is -3.29. The van der Waals surface area contributed by atoms with Gasteiger partial charge in [0.15, 0.2) is 21.6 Å². The van der Waals surface area contributed by atoms with Crippen molar-refractivity contribution in [2.75, 3.05) is 25.0 Å². The van der Waals surface area contributed by atoms with E-state index in [-0.39, 0.29) is 21.6 Å². The second kappa shape index (κ2) is 12.3. The Morgan fingerprint density at radius 2 is 0.769 bits per heavy atom. The molecule has 0 aliphatic carbocycles.